The second kappa shape index (κ2) is 16.3. The van der Waals surface area contributed by atoms with Crippen LogP contribution in [0.4, 0.5) is 0 Å². The molecule has 25 heavy (non-hydrogen) atoms. The SMILES string of the molecule is C=CC(=O)OC(C)CCCCCCCCCCCCCC[Si](C)(C)I. The third kappa shape index (κ3) is 20.3. The lowest BCUT2D eigenvalue weighted by atomic mass is 10.0. The Morgan fingerprint density at radius 2 is 1.32 bits per heavy atom. The molecule has 1 unspecified atom stereocenters. The average Bonchev–Trinajstić information content (AvgIpc) is 2.53. The Morgan fingerprint density at radius 3 is 1.72 bits per heavy atom. The predicted octanol–water partition coefficient (Wildman–Crippen LogP) is 7.82. The van der Waals surface area contributed by atoms with E-state index in [9.17, 15) is 4.79 Å². The molecule has 0 fully saturated rings. The molecule has 0 amide bonds. The molecule has 0 aliphatic rings. The predicted molar refractivity (Wildman–Crippen MR) is 122 cm³/mol. The smallest absolute Gasteiger partial charge is 0.330 e. The molecule has 0 heterocycles. The molecule has 0 aromatic carbocycles. The van der Waals surface area contributed by atoms with Gasteiger partial charge in [-0.1, -0.05) is 90.3 Å². The summed E-state index contributed by atoms with van der Waals surface area (Å²) in [4.78, 5) is 11.1. The van der Waals surface area contributed by atoms with Crippen LogP contribution in [0.1, 0.15) is 90.4 Å². The van der Waals surface area contributed by atoms with Gasteiger partial charge in [0.2, 0.25) is 0 Å². The van der Waals surface area contributed by atoms with Crippen molar-refractivity contribution in [2.75, 3.05) is 0 Å². The van der Waals surface area contributed by atoms with Crippen molar-refractivity contribution in [3.05, 3.63) is 12.7 Å². The fourth-order valence-corrected chi connectivity index (χ4v) is 5.29. The van der Waals surface area contributed by atoms with E-state index in [1.807, 2.05) is 6.92 Å². The van der Waals surface area contributed by atoms with E-state index in [2.05, 4.69) is 41.5 Å². The van der Waals surface area contributed by atoms with Crippen LogP contribution in [-0.4, -0.2) is 17.6 Å². The van der Waals surface area contributed by atoms with E-state index in [1.165, 1.54) is 82.7 Å². The van der Waals surface area contributed by atoms with Gasteiger partial charge in [-0.15, -0.1) is 21.8 Å². The van der Waals surface area contributed by atoms with Crippen molar-refractivity contribution in [3.63, 3.8) is 0 Å². The Balaban J connectivity index is 3.19. The largest absolute Gasteiger partial charge is 0.460 e. The van der Waals surface area contributed by atoms with Crippen molar-refractivity contribution in [1.29, 1.82) is 0 Å². The first-order chi connectivity index (χ1) is 11.8. The summed E-state index contributed by atoms with van der Waals surface area (Å²) in [5.41, 5.74) is -0.829. The maximum absolute atomic E-state index is 11.1. The van der Waals surface area contributed by atoms with Crippen molar-refractivity contribution in [1.82, 2.24) is 0 Å². The molecule has 0 saturated heterocycles. The molecule has 148 valence electrons. The van der Waals surface area contributed by atoms with E-state index >= 15 is 0 Å². The summed E-state index contributed by atoms with van der Waals surface area (Å²) >= 11 is 2.70. The minimum absolute atomic E-state index is 0.0239. The molecular formula is C21H41IO2Si. The van der Waals surface area contributed by atoms with Crippen LogP contribution < -0.4 is 0 Å². The minimum atomic E-state index is -0.829. The number of rotatable bonds is 17. The first kappa shape index (κ1) is 25.2. The van der Waals surface area contributed by atoms with Crippen LogP contribution in [0.2, 0.25) is 19.1 Å². The summed E-state index contributed by atoms with van der Waals surface area (Å²) in [6.07, 6.45) is 18.7. The highest BCUT2D eigenvalue weighted by Crippen LogP contribution is 2.22. The molecule has 0 saturated carbocycles. The summed E-state index contributed by atoms with van der Waals surface area (Å²) in [6.45, 7) is 10.3. The van der Waals surface area contributed by atoms with E-state index in [4.69, 9.17) is 4.74 Å². The van der Waals surface area contributed by atoms with Gasteiger partial charge < -0.3 is 4.74 Å². The van der Waals surface area contributed by atoms with Crippen molar-refractivity contribution < 1.29 is 9.53 Å². The lowest BCUT2D eigenvalue weighted by Gasteiger charge is -2.12. The minimum Gasteiger partial charge on any atom is -0.460 e. The Labute approximate surface area is 170 Å². The lowest BCUT2D eigenvalue weighted by molar-refractivity contribution is -0.142. The molecule has 0 radical (unpaired) electrons. The number of hydrogen-bond donors (Lipinski definition) is 0. The number of carbonyl (C=O) groups excluding carboxylic acids is 1. The van der Waals surface area contributed by atoms with Gasteiger partial charge in [0.25, 0.3) is 0 Å². The second-order valence-corrected chi connectivity index (χ2v) is 20.6. The monoisotopic (exact) mass is 480 g/mol. The molecule has 0 N–H and O–H groups in total. The Kier molecular flexibility index (Phi) is 16.4. The van der Waals surface area contributed by atoms with E-state index in [-0.39, 0.29) is 12.1 Å². The van der Waals surface area contributed by atoms with Crippen molar-refractivity contribution in [2.24, 2.45) is 0 Å². The van der Waals surface area contributed by atoms with Crippen LogP contribution in [-0.2, 0) is 9.53 Å². The van der Waals surface area contributed by atoms with Gasteiger partial charge in [0.15, 0.2) is 0 Å². The Hall–Kier alpha value is 0.157. The molecule has 0 spiro atoms. The van der Waals surface area contributed by atoms with E-state index in [0.717, 1.165) is 12.8 Å². The van der Waals surface area contributed by atoms with Gasteiger partial charge in [-0.3, -0.25) is 0 Å². The molecule has 0 aromatic heterocycles. The Morgan fingerprint density at radius 1 is 0.920 bits per heavy atom. The number of halogens is 1. The fourth-order valence-electron chi connectivity index (χ4n) is 3.05. The van der Waals surface area contributed by atoms with Gasteiger partial charge in [0.05, 0.1) is 6.10 Å². The van der Waals surface area contributed by atoms with Crippen LogP contribution in [0.3, 0.4) is 0 Å². The molecule has 0 rings (SSSR count). The first-order valence-corrected chi connectivity index (χ1v) is 16.7. The van der Waals surface area contributed by atoms with Crippen molar-refractivity contribution >= 4 is 33.3 Å². The van der Waals surface area contributed by atoms with Crippen LogP contribution in [0.25, 0.3) is 0 Å². The number of unbranched alkanes of at least 4 members (excludes halogenated alkanes) is 11. The van der Waals surface area contributed by atoms with Crippen LogP contribution >= 0.6 is 21.8 Å². The molecule has 0 aliphatic heterocycles. The molecule has 0 aromatic rings. The van der Waals surface area contributed by atoms with E-state index in [0.29, 0.717) is 0 Å². The summed E-state index contributed by atoms with van der Waals surface area (Å²) in [5.74, 6) is -0.303. The van der Waals surface area contributed by atoms with Crippen LogP contribution in [0, 0.1) is 0 Å². The second-order valence-electron chi connectivity index (χ2n) is 7.95. The Bertz CT molecular complexity index is 339. The van der Waals surface area contributed by atoms with Crippen LogP contribution in [0.15, 0.2) is 12.7 Å². The van der Waals surface area contributed by atoms with Crippen molar-refractivity contribution in [3.8, 4) is 0 Å². The van der Waals surface area contributed by atoms with Gasteiger partial charge >= 0.3 is 5.97 Å². The highest BCUT2D eigenvalue weighted by Gasteiger charge is 2.14. The highest BCUT2D eigenvalue weighted by atomic mass is 127. The highest BCUT2D eigenvalue weighted by molar-refractivity contribution is 14.1. The molecule has 0 bridgehead atoms. The molecule has 4 heteroatoms. The molecular weight excluding hydrogens is 439 g/mol. The third-order valence-electron chi connectivity index (χ3n) is 4.62. The summed E-state index contributed by atoms with van der Waals surface area (Å²) in [7, 11) is 0. The quantitative estimate of drug-likeness (QED) is 0.0530. The summed E-state index contributed by atoms with van der Waals surface area (Å²) < 4.78 is 5.17. The lowest BCUT2D eigenvalue weighted by Crippen LogP contribution is -2.13. The average molecular weight is 481 g/mol. The van der Waals surface area contributed by atoms with Gasteiger partial charge in [-0.05, 0) is 25.8 Å². The van der Waals surface area contributed by atoms with Gasteiger partial charge in [0.1, 0.15) is 5.57 Å². The number of carbonyl (C=O) groups is 1. The van der Waals surface area contributed by atoms with Crippen molar-refractivity contribution in [2.45, 2.75) is 116 Å². The van der Waals surface area contributed by atoms with Crippen LogP contribution in [0.5, 0.6) is 0 Å². The zero-order valence-corrected chi connectivity index (χ0v) is 20.1. The van der Waals surface area contributed by atoms with Gasteiger partial charge in [-0.25, -0.2) is 4.79 Å². The van der Waals surface area contributed by atoms with Gasteiger partial charge in [-0.2, -0.15) is 0 Å². The zero-order chi connectivity index (χ0) is 19.0. The zero-order valence-electron chi connectivity index (χ0n) is 17.0. The maximum Gasteiger partial charge on any atom is 0.330 e. The summed E-state index contributed by atoms with van der Waals surface area (Å²) in [5, 5.41) is 0. The molecule has 2 nitrogen and oxygen atoms in total. The number of hydrogen-bond acceptors (Lipinski definition) is 2. The standard InChI is InChI=1S/C21H41IO2Si/c1-5-21(23)24-20(2)18-16-14-12-10-8-6-7-9-11-13-15-17-19-25(3,4)22/h5,20H,1,6-19H2,2-4H3. The van der Waals surface area contributed by atoms with E-state index in [1.54, 1.807) is 0 Å². The fraction of sp³-hybridized carbons (Fsp3) is 0.857. The van der Waals surface area contributed by atoms with Gasteiger partial charge in [0, 0.05) is 6.08 Å². The topological polar surface area (TPSA) is 26.3 Å². The normalized spacial score (nSPS) is 12.8. The molecule has 1 atom stereocenters. The summed E-state index contributed by atoms with van der Waals surface area (Å²) in [6, 6.07) is 1.49. The number of esters is 1. The van der Waals surface area contributed by atoms with E-state index < -0.39 is 5.57 Å². The third-order valence-corrected chi connectivity index (χ3v) is 7.78. The maximum atomic E-state index is 11.1. The number of ether oxygens (including phenoxy) is 1. The molecule has 0 aliphatic carbocycles. The first-order valence-electron chi connectivity index (χ1n) is 10.4.